The van der Waals surface area contributed by atoms with Crippen molar-refractivity contribution in [2.24, 2.45) is 0 Å². The zero-order valence-electron chi connectivity index (χ0n) is 18.5. The number of benzene rings is 1. The van der Waals surface area contributed by atoms with E-state index >= 15 is 0 Å². The summed E-state index contributed by atoms with van der Waals surface area (Å²) in [5.74, 6) is 1.00. The lowest BCUT2D eigenvalue weighted by atomic mass is 9.99. The van der Waals surface area contributed by atoms with E-state index in [0.717, 1.165) is 19.3 Å². The number of hydrogen-bond donors (Lipinski definition) is 0. The third kappa shape index (κ3) is 3.83. The molecule has 3 aromatic rings. The molecule has 3 aliphatic rings. The van der Waals surface area contributed by atoms with Gasteiger partial charge < -0.3 is 14.1 Å². The van der Waals surface area contributed by atoms with Crippen LogP contribution in [0.1, 0.15) is 30.0 Å². The van der Waals surface area contributed by atoms with Crippen molar-refractivity contribution in [2.75, 3.05) is 18.8 Å². The summed E-state index contributed by atoms with van der Waals surface area (Å²) < 4.78 is 11.1. The average molecular weight is 477 g/mol. The number of likely N-dealkylation sites (tertiary alicyclic amines) is 1. The summed E-state index contributed by atoms with van der Waals surface area (Å²) in [5, 5.41) is 0.544. The Kier molecular flexibility index (Phi) is 5.49. The van der Waals surface area contributed by atoms with Gasteiger partial charge in [-0.3, -0.25) is 9.69 Å². The number of nitrogens with zero attached hydrogens (tertiary/aromatic N) is 4. The summed E-state index contributed by atoms with van der Waals surface area (Å²) in [7, 11) is 0. The van der Waals surface area contributed by atoms with E-state index in [1.54, 1.807) is 18.5 Å². The van der Waals surface area contributed by atoms with Crippen LogP contribution in [0, 0.1) is 0 Å². The molecule has 2 saturated heterocycles. The second-order valence-corrected chi connectivity index (χ2v) is 9.72. The monoisotopic (exact) mass is 476 g/mol. The predicted molar refractivity (Wildman–Crippen MR) is 125 cm³/mol. The highest BCUT2D eigenvalue weighted by molar-refractivity contribution is 7.99. The van der Waals surface area contributed by atoms with Crippen LogP contribution in [-0.2, 0) is 16.0 Å². The Morgan fingerprint density at radius 3 is 2.79 bits per heavy atom. The van der Waals surface area contributed by atoms with E-state index in [4.69, 9.17) is 9.15 Å². The van der Waals surface area contributed by atoms with E-state index in [-0.39, 0.29) is 35.9 Å². The number of thioether (sulfide) groups is 1. The SMILES string of the molecule is O=C(CSc1nccc(-c2ccco2)n1)N1CCC(N2C(=O)OC3Cc4ccccc4C32)CC1. The second-order valence-electron chi connectivity index (χ2n) is 8.78. The lowest BCUT2D eigenvalue weighted by molar-refractivity contribution is -0.129. The summed E-state index contributed by atoms with van der Waals surface area (Å²) >= 11 is 1.33. The van der Waals surface area contributed by atoms with Crippen molar-refractivity contribution in [2.45, 2.75) is 42.6 Å². The number of carbonyl (C=O) groups excluding carboxylic acids is 2. The molecule has 9 heteroatoms. The molecule has 0 radical (unpaired) electrons. The Labute approximate surface area is 201 Å². The van der Waals surface area contributed by atoms with Crippen LogP contribution in [0.5, 0.6) is 0 Å². The number of aromatic nitrogens is 2. The quantitative estimate of drug-likeness (QED) is 0.407. The van der Waals surface area contributed by atoms with Crippen LogP contribution in [0.2, 0.25) is 0 Å². The van der Waals surface area contributed by atoms with Gasteiger partial charge in [0, 0.05) is 31.7 Å². The summed E-state index contributed by atoms with van der Waals surface area (Å²) in [6.07, 6.45) is 5.23. The van der Waals surface area contributed by atoms with Gasteiger partial charge in [0.2, 0.25) is 5.91 Å². The maximum Gasteiger partial charge on any atom is 0.411 e. The third-order valence-corrected chi connectivity index (χ3v) is 7.70. The third-order valence-electron chi connectivity index (χ3n) is 6.85. The lowest BCUT2D eigenvalue weighted by Gasteiger charge is -2.37. The van der Waals surface area contributed by atoms with Gasteiger partial charge in [-0.2, -0.15) is 0 Å². The first-order chi connectivity index (χ1) is 16.7. The molecule has 6 rings (SSSR count). The Morgan fingerprint density at radius 2 is 1.97 bits per heavy atom. The number of furan rings is 1. The minimum atomic E-state index is -0.224. The van der Waals surface area contributed by atoms with E-state index in [2.05, 4.69) is 22.1 Å². The summed E-state index contributed by atoms with van der Waals surface area (Å²) in [6, 6.07) is 13.8. The standard InChI is InChI=1S/C25H24N4O4S/c30-22(15-34-24-26-10-7-19(27-24)20-6-3-13-32-20)28-11-8-17(9-12-28)29-23-18-5-2-1-4-16(18)14-21(23)33-25(29)31/h1-7,10,13,17,21,23H,8-9,11-12,14-15H2. The van der Waals surface area contributed by atoms with Crippen LogP contribution >= 0.6 is 11.8 Å². The van der Waals surface area contributed by atoms with Gasteiger partial charge in [0.15, 0.2) is 10.9 Å². The fourth-order valence-electron chi connectivity index (χ4n) is 5.24. The molecule has 34 heavy (non-hydrogen) atoms. The van der Waals surface area contributed by atoms with Gasteiger partial charge in [-0.25, -0.2) is 14.8 Å². The van der Waals surface area contributed by atoms with Gasteiger partial charge in [-0.15, -0.1) is 0 Å². The molecular weight excluding hydrogens is 452 g/mol. The highest BCUT2D eigenvalue weighted by Crippen LogP contribution is 2.44. The lowest BCUT2D eigenvalue weighted by Crippen LogP contribution is -2.48. The number of rotatable bonds is 5. The zero-order chi connectivity index (χ0) is 23.1. The van der Waals surface area contributed by atoms with Crippen molar-refractivity contribution in [3.8, 4) is 11.5 Å². The first-order valence-corrected chi connectivity index (χ1v) is 12.5. The molecule has 8 nitrogen and oxygen atoms in total. The largest absolute Gasteiger partial charge is 0.463 e. The fourth-order valence-corrected chi connectivity index (χ4v) is 5.97. The van der Waals surface area contributed by atoms with Crippen LogP contribution < -0.4 is 0 Å². The van der Waals surface area contributed by atoms with E-state index in [0.29, 0.717) is 29.7 Å². The zero-order valence-corrected chi connectivity index (χ0v) is 19.3. The van der Waals surface area contributed by atoms with Crippen LogP contribution in [0.25, 0.3) is 11.5 Å². The molecule has 2 aromatic heterocycles. The van der Waals surface area contributed by atoms with Gasteiger partial charge in [0.25, 0.3) is 0 Å². The van der Waals surface area contributed by atoms with Gasteiger partial charge >= 0.3 is 6.09 Å². The molecule has 2 unspecified atom stereocenters. The molecule has 2 amide bonds. The van der Waals surface area contributed by atoms with E-state index in [1.807, 2.05) is 34.1 Å². The topological polar surface area (TPSA) is 88.8 Å². The first kappa shape index (κ1) is 21.2. The van der Waals surface area contributed by atoms with Gasteiger partial charge in [0.1, 0.15) is 11.8 Å². The number of fused-ring (bicyclic) bond motifs is 3. The van der Waals surface area contributed by atoms with Gasteiger partial charge in [-0.05, 0) is 42.2 Å². The summed E-state index contributed by atoms with van der Waals surface area (Å²) in [5.41, 5.74) is 3.16. The minimum Gasteiger partial charge on any atom is -0.463 e. The van der Waals surface area contributed by atoms with Gasteiger partial charge in [-0.1, -0.05) is 36.0 Å². The maximum absolute atomic E-state index is 12.8. The second kappa shape index (κ2) is 8.79. The highest BCUT2D eigenvalue weighted by Gasteiger charge is 2.50. The first-order valence-electron chi connectivity index (χ1n) is 11.5. The minimum absolute atomic E-state index is 0.00917. The number of carbonyl (C=O) groups is 2. The normalized spacial score (nSPS) is 21.9. The Morgan fingerprint density at radius 1 is 1.12 bits per heavy atom. The Bertz CT molecular complexity index is 1210. The molecular formula is C25H24N4O4S. The summed E-state index contributed by atoms with van der Waals surface area (Å²) in [4.78, 5) is 38.1. The van der Waals surface area contributed by atoms with Crippen molar-refractivity contribution in [3.05, 3.63) is 66.1 Å². The molecule has 1 aromatic carbocycles. The van der Waals surface area contributed by atoms with E-state index in [9.17, 15) is 9.59 Å². The fraction of sp³-hybridized carbons (Fsp3) is 0.360. The Hall–Kier alpha value is -3.33. The number of piperidine rings is 1. The average Bonchev–Trinajstić information content (AvgIpc) is 3.59. The maximum atomic E-state index is 12.8. The van der Waals surface area contributed by atoms with Crippen LogP contribution in [-0.4, -0.2) is 62.8 Å². The predicted octanol–water partition coefficient (Wildman–Crippen LogP) is 3.94. The number of hydrogen-bond acceptors (Lipinski definition) is 7. The summed E-state index contributed by atoms with van der Waals surface area (Å²) in [6.45, 7) is 1.25. The van der Waals surface area contributed by atoms with Crippen molar-refractivity contribution >= 4 is 23.8 Å². The van der Waals surface area contributed by atoms with E-state index in [1.165, 1.54) is 22.9 Å². The highest BCUT2D eigenvalue weighted by atomic mass is 32.2. The van der Waals surface area contributed by atoms with Crippen LogP contribution in [0.4, 0.5) is 4.79 Å². The molecule has 2 fully saturated rings. The molecule has 0 spiro atoms. The molecule has 4 heterocycles. The Balaban J connectivity index is 1.06. The van der Waals surface area contributed by atoms with E-state index < -0.39 is 0 Å². The van der Waals surface area contributed by atoms with Crippen molar-refractivity contribution in [3.63, 3.8) is 0 Å². The van der Waals surface area contributed by atoms with Crippen molar-refractivity contribution in [1.82, 2.24) is 19.8 Å². The number of amides is 2. The molecule has 1 aliphatic carbocycles. The molecule has 174 valence electrons. The molecule has 2 aliphatic heterocycles. The van der Waals surface area contributed by atoms with Gasteiger partial charge in [0.05, 0.1) is 18.1 Å². The van der Waals surface area contributed by atoms with Crippen molar-refractivity contribution < 1.29 is 18.7 Å². The van der Waals surface area contributed by atoms with Crippen LogP contribution in [0.3, 0.4) is 0 Å². The molecule has 0 saturated carbocycles. The smallest absolute Gasteiger partial charge is 0.411 e. The van der Waals surface area contributed by atoms with Crippen LogP contribution in [0.15, 0.2) is 64.5 Å². The van der Waals surface area contributed by atoms with Crippen molar-refractivity contribution in [1.29, 1.82) is 0 Å². The molecule has 2 atom stereocenters. The number of ether oxygens (including phenoxy) is 1. The molecule has 0 bridgehead atoms. The molecule has 0 N–H and O–H groups in total.